The van der Waals surface area contributed by atoms with Crippen LogP contribution < -0.4 is 5.32 Å². The molecule has 1 fully saturated rings. The Kier molecular flexibility index (Phi) is 3.24. The predicted octanol–water partition coefficient (Wildman–Crippen LogP) is 0.130. The number of imidazole rings is 1. The summed E-state index contributed by atoms with van der Waals surface area (Å²) in [5.41, 5.74) is 0. The highest BCUT2D eigenvalue weighted by Gasteiger charge is 2.23. The second-order valence-corrected chi connectivity index (χ2v) is 4.29. The van der Waals surface area contributed by atoms with Gasteiger partial charge in [-0.05, 0) is 6.42 Å². The van der Waals surface area contributed by atoms with Crippen LogP contribution in [0.15, 0.2) is 12.4 Å². The van der Waals surface area contributed by atoms with E-state index in [1.807, 2.05) is 22.7 Å². The van der Waals surface area contributed by atoms with Crippen molar-refractivity contribution in [2.75, 3.05) is 13.1 Å². The quantitative estimate of drug-likeness (QED) is 0.791. The molecule has 2 heterocycles. The minimum Gasteiger partial charge on any atom is -0.341 e. The van der Waals surface area contributed by atoms with Gasteiger partial charge in [0.2, 0.25) is 5.91 Å². The van der Waals surface area contributed by atoms with Crippen LogP contribution in [0.5, 0.6) is 0 Å². The zero-order valence-electron chi connectivity index (χ0n) is 9.81. The first kappa shape index (κ1) is 11.1. The van der Waals surface area contributed by atoms with Crippen molar-refractivity contribution in [1.82, 2.24) is 19.8 Å². The third-order valence-corrected chi connectivity index (χ3v) is 3.10. The summed E-state index contributed by atoms with van der Waals surface area (Å²) >= 11 is 0. The van der Waals surface area contributed by atoms with E-state index in [4.69, 9.17) is 0 Å². The van der Waals surface area contributed by atoms with E-state index in [2.05, 4.69) is 10.3 Å². The van der Waals surface area contributed by atoms with Gasteiger partial charge in [-0.3, -0.25) is 4.79 Å². The molecule has 0 bridgehead atoms. The first-order chi connectivity index (χ1) is 7.66. The van der Waals surface area contributed by atoms with E-state index in [9.17, 15) is 4.79 Å². The van der Waals surface area contributed by atoms with Crippen LogP contribution in [-0.2, 0) is 18.4 Å². The topological polar surface area (TPSA) is 50.2 Å². The summed E-state index contributed by atoms with van der Waals surface area (Å²) in [5, 5.41) is 3.43. The van der Waals surface area contributed by atoms with Crippen molar-refractivity contribution in [3.8, 4) is 0 Å². The van der Waals surface area contributed by atoms with Gasteiger partial charge in [-0.15, -0.1) is 0 Å². The Morgan fingerprint density at radius 3 is 3.06 bits per heavy atom. The van der Waals surface area contributed by atoms with Crippen LogP contribution in [0, 0.1) is 0 Å². The summed E-state index contributed by atoms with van der Waals surface area (Å²) in [6, 6.07) is 0.403. The van der Waals surface area contributed by atoms with Crippen molar-refractivity contribution in [3.63, 3.8) is 0 Å². The number of carbonyl (C=O) groups is 1. The summed E-state index contributed by atoms with van der Waals surface area (Å²) in [5.74, 6) is 1.20. The maximum Gasteiger partial charge on any atom is 0.219 e. The lowest BCUT2D eigenvalue weighted by Crippen LogP contribution is -2.34. The molecule has 1 atom stereocenters. The largest absolute Gasteiger partial charge is 0.341 e. The fraction of sp³-hybridized carbons (Fsp3) is 0.636. The summed E-state index contributed by atoms with van der Waals surface area (Å²) in [6.45, 7) is 4.08. The van der Waals surface area contributed by atoms with Crippen LogP contribution in [-0.4, -0.2) is 39.5 Å². The Labute approximate surface area is 95.5 Å². The van der Waals surface area contributed by atoms with E-state index in [1.54, 1.807) is 13.1 Å². The van der Waals surface area contributed by atoms with Crippen LogP contribution in [0.25, 0.3) is 0 Å². The summed E-state index contributed by atoms with van der Waals surface area (Å²) in [4.78, 5) is 17.3. The predicted molar refractivity (Wildman–Crippen MR) is 60.7 cm³/mol. The molecular weight excluding hydrogens is 204 g/mol. The second-order valence-electron chi connectivity index (χ2n) is 4.29. The second kappa shape index (κ2) is 4.65. The smallest absolute Gasteiger partial charge is 0.219 e. The highest BCUT2D eigenvalue weighted by Crippen LogP contribution is 2.09. The number of aryl methyl sites for hydroxylation is 1. The average molecular weight is 222 g/mol. The number of aromatic nitrogens is 2. The van der Waals surface area contributed by atoms with E-state index in [1.165, 1.54) is 0 Å². The van der Waals surface area contributed by atoms with Crippen LogP contribution in [0.3, 0.4) is 0 Å². The molecule has 1 aliphatic heterocycles. The zero-order valence-corrected chi connectivity index (χ0v) is 9.81. The standard InChI is InChI=1S/C11H18N4O/c1-9(16)15-5-3-10(8-15)13-7-11-12-4-6-14(11)2/h4,6,10,13H,3,5,7-8H2,1-2H3/t10-/m0/s1. The maximum atomic E-state index is 11.2. The molecule has 0 aliphatic carbocycles. The van der Waals surface area contributed by atoms with E-state index in [0.717, 1.165) is 31.9 Å². The molecule has 1 aromatic heterocycles. The van der Waals surface area contributed by atoms with E-state index >= 15 is 0 Å². The van der Waals surface area contributed by atoms with E-state index < -0.39 is 0 Å². The first-order valence-electron chi connectivity index (χ1n) is 5.62. The molecular formula is C11H18N4O. The molecule has 5 nitrogen and oxygen atoms in total. The van der Waals surface area contributed by atoms with Gasteiger partial charge < -0.3 is 14.8 Å². The van der Waals surface area contributed by atoms with Gasteiger partial charge in [-0.1, -0.05) is 0 Å². The average Bonchev–Trinajstić information content (AvgIpc) is 2.83. The molecule has 1 saturated heterocycles. The number of rotatable bonds is 3. The number of carbonyl (C=O) groups excluding carboxylic acids is 1. The molecule has 0 aromatic carbocycles. The Bertz CT molecular complexity index is 374. The highest BCUT2D eigenvalue weighted by atomic mass is 16.2. The lowest BCUT2D eigenvalue weighted by atomic mass is 10.2. The van der Waals surface area contributed by atoms with Crippen LogP contribution in [0.1, 0.15) is 19.2 Å². The lowest BCUT2D eigenvalue weighted by Gasteiger charge is -2.14. The molecule has 0 saturated carbocycles. The van der Waals surface area contributed by atoms with Gasteiger partial charge in [0.1, 0.15) is 5.82 Å². The molecule has 1 N–H and O–H groups in total. The van der Waals surface area contributed by atoms with Crippen LogP contribution >= 0.6 is 0 Å². The van der Waals surface area contributed by atoms with Crippen molar-refractivity contribution >= 4 is 5.91 Å². The number of nitrogens with one attached hydrogen (secondary N) is 1. The third-order valence-electron chi connectivity index (χ3n) is 3.10. The third kappa shape index (κ3) is 2.41. The van der Waals surface area contributed by atoms with Crippen molar-refractivity contribution in [1.29, 1.82) is 0 Å². The van der Waals surface area contributed by atoms with Gasteiger partial charge in [0.15, 0.2) is 0 Å². The summed E-state index contributed by atoms with van der Waals surface area (Å²) < 4.78 is 2.00. The Morgan fingerprint density at radius 2 is 2.50 bits per heavy atom. The maximum absolute atomic E-state index is 11.2. The van der Waals surface area contributed by atoms with Gasteiger partial charge in [-0.25, -0.2) is 4.98 Å². The van der Waals surface area contributed by atoms with E-state index in [-0.39, 0.29) is 5.91 Å². The minimum absolute atomic E-state index is 0.168. The van der Waals surface area contributed by atoms with Gasteiger partial charge >= 0.3 is 0 Å². The Balaban J connectivity index is 1.80. The molecule has 1 amide bonds. The molecule has 16 heavy (non-hydrogen) atoms. The molecule has 0 spiro atoms. The zero-order chi connectivity index (χ0) is 11.5. The SMILES string of the molecule is CC(=O)N1CC[C@H](NCc2nccn2C)C1. The molecule has 1 aliphatic rings. The van der Waals surface area contributed by atoms with Crippen molar-refractivity contribution in [3.05, 3.63) is 18.2 Å². The van der Waals surface area contributed by atoms with Gasteiger partial charge in [-0.2, -0.15) is 0 Å². The summed E-state index contributed by atoms with van der Waals surface area (Å²) in [6.07, 6.45) is 4.77. The van der Waals surface area contributed by atoms with Crippen LogP contribution in [0.2, 0.25) is 0 Å². The number of hydrogen-bond donors (Lipinski definition) is 1. The molecule has 2 rings (SSSR count). The van der Waals surface area contributed by atoms with Gasteiger partial charge in [0.25, 0.3) is 0 Å². The van der Waals surface area contributed by atoms with Gasteiger partial charge in [0.05, 0.1) is 6.54 Å². The monoisotopic (exact) mass is 222 g/mol. The van der Waals surface area contributed by atoms with Gasteiger partial charge in [0, 0.05) is 45.5 Å². The fourth-order valence-corrected chi connectivity index (χ4v) is 2.02. The molecule has 88 valence electrons. The van der Waals surface area contributed by atoms with Crippen molar-refractivity contribution in [2.45, 2.75) is 25.9 Å². The number of amides is 1. The Hall–Kier alpha value is -1.36. The van der Waals surface area contributed by atoms with Crippen LogP contribution in [0.4, 0.5) is 0 Å². The minimum atomic E-state index is 0.168. The normalized spacial score (nSPS) is 20.4. The van der Waals surface area contributed by atoms with E-state index in [0.29, 0.717) is 6.04 Å². The van der Waals surface area contributed by atoms with Crippen molar-refractivity contribution in [2.24, 2.45) is 7.05 Å². The highest BCUT2D eigenvalue weighted by molar-refractivity contribution is 5.73. The van der Waals surface area contributed by atoms with Crippen molar-refractivity contribution < 1.29 is 4.79 Å². The fourth-order valence-electron chi connectivity index (χ4n) is 2.02. The molecule has 0 unspecified atom stereocenters. The first-order valence-corrected chi connectivity index (χ1v) is 5.62. The lowest BCUT2D eigenvalue weighted by molar-refractivity contribution is -0.127. The number of likely N-dealkylation sites (tertiary alicyclic amines) is 1. The molecule has 1 aromatic rings. The number of nitrogens with zero attached hydrogens (tertiary/aromatic N) is 3. The summed E-state index contributed by atoms with van der Waals surface area (Å²) in [7, 11) is 1.99. The Morgan fingerprint density at radius 1 is 1.69 bits per heavy atom. The molecule has 5 heteroatoms. The molecule has 0 radical (unpaired) electrons. The number of hydrogen-bond acceptors (Lipinski definition) is 3.